The predicted molar refractivity (Wildman–Crippen MR) is 68.2 cm³/mol. The molecule has 19 heavy (non-hydrogen) atoms. The predicted octanol–water partition coefficient (Wildman–Crippen LogP) is 0.754. The highest BCUT2D eigenvalue weighted by Crippen LogP contribution is 2.18. The van der Waals surface area contributed by atoms with E-state index < -0.39 is 0 Å². The smallest absolute Gasteiger partial charge is 0.310 e. The van der Waals surface area contributed by atoms with Crippen molar-refractivity contribution in [1.82, 2.24) is 15.1 Å². The summed E-state index contributed by atoms with van der Waals surface area (Å²) >= 11 is 0. The van der Waals surface area contributed by atoms with Crippen molar-refractivity contribution in [2.45, 2.75) is 26.2 Å². The number of nitrogens with zero attached hydrogens (tertiary/aromatic N) is 2. The molecule has 1 aliphatic heterocycles. The molecular weight excluding hydrogens is 246 g/mol. The van der Waals surface area contributed by atoms with Crippen molar-refractivity contribution >= 4 is 11.9 Å². The summed E-state index contributed by atoms with van der Waals surface area (Å²) in [5, 5.41) is 6.59. The van der Waals surface area contributed by atoms with Crippen molar-refractivity contribution < 1.29 is 14.3 Å². The molecule has 1 aromatic heterocycles. The van der Waals surface area contributed by atoms with Gasteiger partial charge in [0.2, 0.25) is 5.91 Å². The van der Waals surface area contributed by atoms with Crippen LogP contribution in [0.2, 0.25) is 0 Å². The Morgan fingerprint density at radius 3 is 3.11 bits per heavy atom. The van der Waals surface area contributed by atoms with Gasteiger partial charge in [0.05, 0.1) is 18.9 Å². The molecule has 2 heterocycles. The number of aromatic nitrogens is 2. The van der Waals surface area contributed by atoms with Crippen LogP contribution in [0.5, 0.6) is 0 Å². The molecule has 1 atom stereocenters. The molecule has 0 aromatic carbocycles. The number of likely N-dealkylation sites (tertiary alicyclic amines) is 1. The largest absolute Gasteiger partial charge is 0.466 e. The molecule has 104 valence electrons. The van der Waals surface area contributed by atoms with Crippen molar-refractivity contribution in [2.75, 3.05) is 19.7 Å². The van der Waals surface area contributed by atoms with E-state index >= 15 is 0 Å². The lowest BCUT2D eigenvalue weighted by molar-refractivity contribution is -0.151. The molecule has 1 aliphatic rings. The molecule has 1 N–H and O–H groups in total. The summed E-state index contributed by atoms with van der Waals surface area (Å²) in [7, 11) is 0. The van der Waals surface area contributed by atoms with Gasteiger partial charge in [-0.05, 0) is 25.8 Å². The van der Waals surface area contributed by atoms with Crippen LogP contribution in [0.1, 0.15) is 25.5 Å². The first-order valence-electron chi connectivity index (χ1n) is 6.63. The van der Waals surface area contributed by atoms with E-state index in [0.29, 0.717) is 26.1 Å². The van der Waals surface area contributed by atoms with Crippen LogP contribution < -0.4 is 0 Å². The van der Waals surface area contributed by atoms with Crippen LogP contribution in [0, 0.1) is 5.92 Å². The Morgan fingerprint density at radius 2 is 2.42 bits per heavy atom. The fourth-order valence-corrected chi connectivity index (χ4v) is 2.31. The Morgan fingerprint density at radius 1 is 1.58 bits per heavy atom. The summed E-state index contributed by atoms with van der Waals surface area (Å²) < 4.78 is 5.02. The number of esters is 1. The monoisotopic (exact) mass is 265 g/mol. The highest BCUT2D eigenvalue weighted by Gasteiger charge is 2.29. The first kappa shape index (κ1) is 13.6. The van der Waals surface area contributed by atoms with Crippen LogP contribution in [0.4, 0.5) is 0 Å². The number of nitrogens with one attached hydrogen (secondary N) is 1. The summed E-state index contributed by atoms with van der Waals surface area (Å²) in [6, 6.07) is 1.78. The molecular formula is C13H19N3O3. The van der Waals surface area contributed by atoms with Gasteiger partial charge in [-0.3, -0.25) is 14.7 Å². The molecule has 0 bridgehead atoms. The van der Waals surface area contributed by atoms with Gasteiger partial charge in [0.1, 0.15) is 0 Å². The van der Waals surface area contributed by atoms with Gasteiger partial charge in [-0.15, -0.1) is 0 Å². The van der Waals surface area contributed by atoms with Gasteiger partial charge >= 0.3 is 5.97 Å². The second-order valence-corrected chi connectivity index (χ2v) is 4.69. The highest BCUT2D eigenvalue weighted by molar-refractivity contribution is 5.80. The third kappa shape index (κ3) is 3.56. The topological polar surface area (TPSA) is 75.3 Å². The molecule has 0 radical (unpaired) electrons. The van der Waals surface area contributed by atoms with E-state index in [2.05, 4.69) is 10.2 Å². The first-order valence-corrected chi connectivity index (χ1v) is 6.63. The van der Waals surface area contributed by atoms with E-state index in [9.17, 15) is 9.59 Å². The van der Waals surface area contributed by atoms with Gasteiger partial charge in [0.25, 0.3) is 0 Å². The van der Waals surface area contributed by atoms with Crippen molar-refractivity contribution in [3.8, 4) is 0 Å². The summed E-state index contributed by atoms with van der Waals surface area (Å²) in [4.78, 5) is 25.6. The molecule has 1 aromatic rings. The fourth-order valence-electron chi connectivity index (χ4n) is 2.31. The van der Waals surface area contributed by atoms with Crippen molar-refractivity contribution in [1.29, 1.82) is 0 Å². The van der Waals surface area contributed by atoms with Gasteiger partial charge in [-0.25, -0.2) is 0 Å². The lowest BCUT2D eigenvalue weighted by atomic mass is 9.98. The number of H-pyrrole nitrogens is 1. The summed E-state index contributed by atoms with van der Waals surface area (Å²) in [6.45, 7) is 3.36. The number of carbonyl (C=O) groups is 2. The number of piperidine rings is 1. The standard InChI is InChI=1S/C13H19N3O3/c1-2-19-13(18)10-4-3-7-16(9-10)12(17)8-11-5-6-14-15-11/h5-6,10H,2-4,7-9H2,1H3,(H,14,15). The van der Waals surface area contributed by atoms with E-state index in [1.54, 1.807) is 24.1 Å². The maximum Gasteiger partial charge on any atom is 0.310 e. The minimum absolute atomic E-state index is 0.0262. The van der Waals surface area contributed by atoms with Gasteiger partial charge in [0.15, 0.2) is 0 Å². The van der Waals surface area contributed by atoms with Crippen molar-refractivity contribution in [2.24, 2.45) is 5.92 Å². The quantitative estimate of drug-likeness (QED) is 0.815. The van der Waals surface area contributed by atoms with E-state index in [4.69, 9.17) is 4.74 Å². The van der Waals surface area contributed by atoms with Crippen LogP contribution in [0.25, 0.3) is 0 Å². The number of ether oxygens (including phenoxy) is 1. The van der Waals surface area contributed by atoms with Gasteiger partial charge in [-0.2, -0.15) is 5.10 Å². The third-order valence-corrected chi connectivity index (χ3v) is 3.29. The number of rotatable bonds is 4. The van der Waals surface area contributed by atoms with Crippen LogP contribution in [-0.2, 0) is 20.7 Å². The van der Waals surface area contributed by atoms with E-state index in [0.717, 1.165) is 18.5 Å². The molecule has 0 spiro atoms. The number of aromatic amines is 1. The lowest BCUT2D eigenvalue weighted by Gasteiger charge is -2.31. The second-order valence-electron chi connectivity index (χ2n) is 4.69. The maximum atomic E-state index is 12.1. The lowest BCUT2D eigenvalue weighted by Crippen LogP contribution is -2.43. The minimum atomic E-state index is -0.193. The maximum absolute atomic E-state index is 12.1. The van der Waals surface area contributed by atoms with Gasteiger partial charge in [0, 0.05) is 25.0 Å². The summed E-state index contributed by atoms with van der Waals surface area (Å²) in [5.41, 5.74) is 0.795. The Balaban J connectivity index is 1.89. The summed E-state index contributed by atoms with van der Waals surface area (Å²) in [6.07, 6.45) is 3.57. The molecule has 6 heteroatoms. The third-order valence-electron chi connectivity index (χ3n) is 3.29. The Hall–Kier alpha value is -1.85. The molecule has 2 rings (SSSR count). The van der Waals surface area contributed by atoms with Crippen molar-refractivity contribution in [3.05, 3.63) is 18.0 Å². The van der Waals surface area contributed by atoms with Crippen molar-refractivity contribution in [3.63, 3.8) is 0 Å². The first-order chi connectivity index (χ1) is 9.20. The average molecular weight is 265 g/mol. The Bertz CT molecular complexity index is 430. The van der Waals surface area contributed by atoms with Crippen LogP contribution in [0.3, 0.4) is 0 Å². The zero-order chi connectivity index (χ0) is 13.7. The number of carbonyl (C=O) groups excluding carboxylic acids is 2. The number of hydrogen-bond donors (Lipinski definition) is 1. The summed E-state index contributed by atoms with van der Waals surface area (Å²) in [5.74, 6) is -0.348. The molecule has 1 fully saturated rings. The molecule has 1 amide bonds. The molecule has 6 nitrogen and oxygen atoms in total. The second kappa shape index (κ2) is 6.36. The Labute approximate surface area is 112 Å². The zero-order valence-electron chi connectivity index (χ0n) is 11.1. The normalized spacial score (nSPS) is 19.2. The number of hydrogen-bond acceptors (Lipinski definition) is 4. The van der Waals surface area contributed by atoms with Gasteiger partial charge in [-0.1, -0.05) is 0 Å². The highest BCUT2D eigenvalue weighted by atomic mass is 16.5. The van der Waals surface area contributed by atoms with Crippen LogP contribution in [0.15, 0.2) is 12.3 Å². The molecule has 0 aliphatic carbocycles. The molecule has 1 saturated heterocycles. The Kier molecular flexibility index (Phi) is 4.54. The molecule has 1 unspecified atom stereocenters. The van der Waals surface area contributed by atoms with E-state index in [-0.39, 0.29) is 17.8 Å². The van der Waals surface area contributed by atoms with E-state index in [1.807, 2.05) is 0 Å². The molecule has 0 saturated carbocycles. The number of amides is 1. The average Bonchev–Trinajstić information content (AvgIpc) is 2.92. The minimum Gasteiger partial charge on any atom is -0.466 e. The zero-order valence-corrected chi connectivity index (χ0v) is 11.1. The van der Waals surface area contributed by atoms with E-state index in [1.165, 1.54) is 0 Å². The fraction of sp³-hybridized carbons (Fsp3) is 0.615. The van der Waals surface area contributed by atoms with Crippen LogP contribution in [-0.4, -0.2) is 46.7 Å². The SMILES string of the molecule is CCOC(=O)C1CCCN(C(=O)Cc2ccn[nH]2)C1. The van der Waals surface area contributed by atoms with Gasteiger partial charge < -0.3 is 9.64 Å². The van der Waals surface area contributed by atoms with Crippen LogP contribution >= 0.6 is 0 Å².